The van der Waals surface area contributed by atoms with E-state index in [1.807, 2.05) is 6.07 Å². The summed E-state index contributed by atoms with van der Waals surface area (Å²) in [6, 6.07) is 7.18. The average Bonchev–Trinajstić information content (AvgIpc) is 2.60. The molecule has 0 aliphatic heterocycles. The summed E-state index contributed by atoms with van der Waals surface area (Å²) in [4.78, 5) is 36.8. The SMILES string of the molecule is CC(=O)C(C)NC(=O)C(CCCNC(N)N)N(Cc1ccccc1)C(=O)[O-]. The lowest BCUT2D eigenvalue weighted by molar-refractivity contribution is -0.268. The summed E-state index contributed by atoms with van der Waals surface area (Å²) >= 11 is 0. The third kappa shape index (κ3) is 8.16. The minimum atomic E-state index is -1.46. The second kappa shape index (κ2) is 11.3. The van der Waals surface area contributed by atoms with Gasteiger partial charge in [-0.1, -0.05) is 30.3 Å². The average molecular weight is 378 g/mol. The van der Waals surface area contributed by atoms with Crippen LogP contribution in [0.5, 0.6) is 0 Å². The smallest absolute Gasteiger partial charge is 0.243 e. The van der Waals surface area contributed by atoms with Gasteiger partial charge in [-0.15, -0.1) is 0 Å². The first-order valence-electron chi connectivity index (χ1n) is 8.79. The third-order valence-corrected chi connectivity index (χ3v) is 4.11. The number of Topliss-reactive ketones (excluding diaryl/α,β-unsaturated/α-hetero) is 1. The zero-order valence-corrected chi connectivity index (χ0v) is 15.7. The van der Waals surface area contributed by atoms with Crippen LogP contribution in [-0.2, 0) is 16.1 Å². The summed E-state index contributed by atoms with van der Waals surface area (Å²) < 4.78 is 0. The maximum absolute atomic E-state index is 12.7. The van der Waals surface area contributed by atoms with E-state index in [1.54, 1.807) is 31.2 Å². The molecule has 9 nitrogen and oxygen atoms in total. The summed E-state index contributed by atoms with van der Waals surface area (Å²) in [6.45, 7) is 3.31. The minimum Gasteiger partial charge on any atom is -0.530 e. The van der Waals surface area contributed by atoms with Crippen LogP contribution >= 0.6 is 0 Å². The van der Waals surface area contributed by atoms with Gasteiger partial charge in [0.15, 0.2) is 5.78 Å². The molecule has 6 N–H and O–H groups in total. The Morgan fingerprint density at radius 3 is 2.33 bits per heavy atom. The Kier molecular flexibility index (Phi) is 9.41. The molecule has 1 rings (SSSR count). The number of benzene rings is 1. The molecule has 150 valence electrons. The number of ketones is 1. The number of carbonyl (C=O) groups excluding carboxylic acids is 3. The van der Waals surface area contributed by atoms with Crippen molar-refractivity contribution in [2.45, 2.75) is 51.6 Å². The summed E-state index contributed by atoms with van der Waals surface area (Å²) in [5.74, 6) is -0.768. The second-order valence-electron chi connectivity index (χ2n) is 6.36. The van der Waals surface area contributed by atoms with Gasteiger partial charge in [0.1, 0.15) is 18.4 Å². The van der Waals surface area contributed by atoms with Gasteiger partial charge < -0.3 is 31.6 Å². The first kappa shape index (κ1) is 22.6. The quantitative estimate of drug-likeness (QED) is 0.280. The van der Waals surface area contributed by atoms with E-state index in [0.717, 1.165) is 10.5 Å². The fourth-order valence-electron chi connectivity index (χ4n) is 2.49. The molecule has 0 saturated carbocycles. The van der Waals surface area contributed by atoms with Gasteiger partial charge in [0, 0.05) is 6.54 Å². The normalized spacial score (nSPS) is 13.1. The zero-order valence-electron chi connectivity index (χ0n) is 15.7. The molecule has 0 saturated heterocycles. The summed E-state index contributed by atoms with van der Waals surface area (Å²) in [7, 11) is 0. The molecule has 0 aliphatic carbocycles. The largest absolute Gasteiger partial charge is 0.530 e. The number of nitrogens with zero attached hydrogens (tertiary/aromatic N) is 1. The molecule has 0 bridgehead atoms. The lowest BCUT2D eigenvalue weighted by atomic mass is 10.1. The standard InChI is InChI=1S/C18H29N5O4/c1-12(13(2)24)22-16(25)15(9-6-10-21-17(19)20)23(18(26)27)11-14-7-4-3-5-8-14/h3-5,7-8,12,15,17,21H,6,9-11,19-20H2,1-2H3,(H,22,25)(H,26,27)/p-1. The van der Waals surface area contributed by atoms with Crippen molar-refractivity contribution in [3.05, 3.63) is 35.9 Å². The van der Waals surface area contributed by atoms with Crippen molar-refractivity contribution in [3.63, 3.8) is 0 Å². The van der Waals surface area contributed by atoms with Gasteiger partial charge in [-0.25, -0.2) is 0 Å². The number of nitrogens with one attached hydrogen (secondary N) is 2. The Balaban J connectivity index is 2.94. The van der Waals surface area contributed by atoms with E-state index in [2.05, 4.69) is 10.6 Å². The summed E-state index contributed by atoms with van der Waals surface area (Å²) in [5.41, 5.74) is 11.6. The predicted molar refractivity (Wildman–Crippen MR) is 98.9 cm³/mol. The second-order valence-corrected chi connectivity index (χ2v) is 6.36. The molecule has 0 spiro atoms. The number of rotatable bonds is 11. The fraction of sp³-hybridized carbons (Fsp3) is 0.500. The Morgan fingerprint density at radius 1 is 1.19 bits per heavy atom. The molecular formula is C18H28N5O4-. The van der Waals surface area contributed by atoms with Crippen molar-refractivity contribution in [3.8, 4) is 0 Å². The molecule has 2 atom stereocenters. The molecule has 2 unspecified atom stereocenters. The lowest BCUT2D eigenvalue weighted by Gasteiger charge is -2.34. The van der Waals surface area contributed by atoms with Crippen LogP contribution in [0.2, 0.25) is 0 Å². The van der Waals surface area contributed by atoms with E-state index < -0.39 is 30.4 Å². The van der Waals surface area contributed by atoms with E-state index in [-0.39, 0.29) is 18.7 Å². The highest BCUT2D eigenvalue weighted by Crippen LogP contribution is 2.13. The number of amides is 2. The zero-order chi connectivity index (χ0) is 20.4. The molecule has 1 aromatic rings. The van der Waals surface area contributed by atoms with Crippen molar-refractivity contribution in [1.82, 2.24) is 15.5 Å². The number of carboxylic acid groups (broad SMARTS) is 1. The maximum Gasteiger partial charge on any atom is 0.243 e. The van der Waals surface area contributed by atoms with Crippen molar-refractivity contribution in [2.24, 2.45) is 11.5 Å². The van der Waals surface area contributed by atoms with Gasteiger partial charge >= 0.3 is 0 Å². The first-order valence-corrected chi connectivity index (χ1v) is 8.79. The third-order valence-electron chi connectivity index (χ3n) is 4.11. The van der Waals surface area contributed by atoms with Crippen molar-refractivity contribution in [2.75, 3.05) is 6.54 Å². The summed E-state index contributed by atoms with van der Waals surface area (Å²) in [6.07, 6.45) is -1.48. The maximum atomic E-state index is 12.7. The van der Waals surface area contributed by atoms with Crippen LogP contribution in [0.1, 0.15) is 32.3 Å². The van der Waals surface area contributed by atoms with Gasteiger partial charge in [-0.05, 0) is 38.8 Å². The molecule has 1 aromatic carbocycles. The Hall–Kier alpha value is -2.49. The highest BCUT2D eigenvalue weighted by atomic mass is 16.4. The van der Waals surface area contributed by atoms with Crippen LogP contribution in [0.15, 0.2) is 30.3 Å². The topological polar surface area (TPSA) is 154 Å². The molecular weight excluding hydrogens is 350 g/mol. The monoisotopic (exact) mass is 378 g/mol. The van der Waals surface area contributed by atoms with E-state index >= 15 is 0 Å². The van der Waals surface area contributed by atoms with E-state index in [1.165, 1.54) is 6.92 Å². The Morgan fingerprint density at radius 2 is 1.81 bits per heavy atom. The molecule has 0 radical (unpaired) electrons. The first-order chi connectivity index (χ1) is 12.7. The number of hydrogen-bond donors (Lipinski definition) is 4. The van der Waals surface area contributed by atoms with E-state index in [9.17, 15) is 19.5 Å². The summed E-state index contributed by atoms with van der Waals surface area (Å²) in [5, 5.41) is 17.1. The van der Waals surface area contributed by atoms with E-state index in [4.69, 9.17) is 11.5 Å². The predicted octanol–water partition coefficient (Wildman–Crippen LogP) is -1.13. The van der Waals surface area contributed by atoms with Crippen molar-refractivity contribution < 1.29 is 19.5 Å². The fourth-order valence-corrected chi connectivity index (χ4v) is 2.49. The van der Waals surface area contributed by atoms with E-state index in [0.29, 0.717) is 13.0 Å². The van der Waals surface area contributed by atoms with Gasteiger partial charge in [-0.2, -0.15) is 0 Å². The van der Waals surface area contributed by atoms with Gasteiger partial charge in [-0.3, -0.25) is 14.9 Å². The van der Waals surface area contributed by atoms with Crippen LogP contribution in [0.4, 0.5) is 4.79 Å². The van der Waals surface area contributed by atoms with Crippen molar-refractivity contribution >= 4 is 17.8 Å². The van der Waals surface area contributed by atoms with Crippen LogP contribution in [0.3, 0.4) is 0 Å². The number of nitrogens with two attached hydrogens (primary N) is 2. The molecule has 0 aromatic heterocycles. The molecule has 27 heavy (non-hydrogen) atoms. The Labute approximate surface area is 159 Å². The van der Waals surface area contributed by atoms with Gasteiger partial charge in [0.2, 0.25) is 5.91 Å². The van der Waals surface area contributed by atoms with Crippen LogP contribution in [0.25, 0.3) is 0 Å². The molecule has 0 heterocycles. The molecule has 0 aliphatic rings. The van der Waals surface area contributed by atoms with Crippen molar-refractivity contribution in [1.29, 1.82) is 0 Å². The van der Waals surface area contributed by atoms with Gasteiger partial charge in [0.05, 0.1) is 6.04 Å². The highest BCUT2D eigenvalue weighted by molar-refractivity contribution is 5.90. The lowest BCUT2D eigenvalue weighted by Crippen LogP contribution is -2.55. The van der Waals surface area contributed by atoms with Crippen LogP contribution < -0.4 is 27.2 Å². The molecule has 0 fully saturated rings. The Bertz CT molecular complexity index is 623. The molecule has 2 amide bonds. The number of carbonyl (C=O) groups is 3. The number of hydrogen-bond acceptors (Lipinski definition) is 7. The molecule has 9 heteroatoms. The highest BCUT2D eigenvalue weighted by Gasteiger charge is 2.27. The van der Waals surface area contributed by atoms with Gasteiger partial charge in [0.25, 0.3) is 0 Å². The van der Waals surface area contributed by atoms with Crippen LogP contribution in [0, 0.1) is 0 Å². The van der Waals surface area contributed by atoms with Crippen LogP contribution in [-0.4, -0.2) is 47.6 Å². The minimum absolute atomic E-state index is 0.000453.